The highest BCUT2D eigenvalue weighted by molar-refractivity contribution is 6.01. The molecule has 1 aliphatic rings. The number of imide groups is 1. The predicted molar refractivity (Wildman–Crippen MR) is 103 cm³/mol. The lowest BCUT2D eigenvalue weighted by Crippen LogP contribution is -2.33. The maximum Gasteiger partial charge on any atom is 0.358 e. The number of carbonyl (C=O) groups excluding carboxylic acids is 5. The van der Waals surface area contributed by atoms with Crippen molar-refractivity contribution in [1.29, 1.82) is 0 Å². The molecular weight excluding hydrogens is 416 g/mol. The van der Waals surface area contributed by atoms with Gasteiger partial charge in [-0.05, 0) is 13.3 Å². The number of Topliss-reactive ketones (excluding diaryl/α,β-unsaturated/α-hetero) is 1. The zero-order valence-corrected chi connectivity index (χ0v) is 17.7. The molecule has 1 heterocycles. The van der Waals surface area contributed by atoms with Crippen LogP contribution in [0.3, 0.4) is 0 Å². The molecule has 1 fully saturated rings. The summed E-state index contributed by atoms with van der Waals surface area (Å²) < 4.78 is 20.7. The molecule has 0 bridgehead atoms. The molecule has 0 radical (unpaired) electrons. The predicted octanol–water partition coefficient (Wildman–Crippen LogP) is -0.855. The molecule has 1 rings (SSSR count). The van der Waals surface area contributed by atoms with E-state index in [-0.39, 0.29) is 64.1 Å². The minimum absolute atomic E-state index is 0.0288. The number of ketones is 1. The lowest BCUT2D eigenvalue weighted by atomic mass is 10.2. The van der Waals surface area contributed by atoms with Crippen LogP contribution in [0.4, 0.5) is 0 Å². The van der Waals surface area contributed by atoms with Gasteiger partial charge < -0.3 is 33.9 Å². The van der Waals surface area contributed by atoms with E-state index in [9.17, 15) is 24.0 Å². The van der Waals surface area contributed by atoms with Gasteiger partial charge in [0.2, 0.25) is 5.91 Å². The molecule has 0 aromatic heterocycles. The maximum atomic E-state index is 11.6. The van der Waals surface area contributed by atoms with Crippen molar-refractivity contribution >= 4 is 29.5 Å². The maximum absolute atomic E-state index is 11.6. The summed E-state index contributed by atoms with van der Waals surface area (Å²) in [7, 11) is 0. The zero-order chi connectivity index (χ0) is 22.9. The van der Waals surface area contributed by atoms with Gasteiger partial charge in [0.15, 0.2) is 0 Å². The Labute approximate surface area is 180 Å². The zero-order valence-electron chi connectivity index (χ0n) is 17.7. The molecule has 176 valence electrons. The van der Waals surface area contributed by atoms with E-state index in [4.69, 9.17) is 18.9 Å². The summed E-state index contributed by atoms with van der Waals surface area (Å²) in [6.07, 6.45) is 1.22. The SMILES string of the molecule is CC(=O)CCCOCCOCC(=O)NCCOCCOCC(=O)ON1C(=O)CCC1=O. The fourth-order valence-corrected chi connectivity index (χ4v) is 2.28. The number of ether oxygens (including phenoxy) is 4. The monoisotopic (exact) mass is 446 g/mol. The van der Waals surface area contributed by atoms with Crippen molar-refractivity contribution in [2.45, 2.75) is 32.6 Å². The van der Waals surface area contributed by atoms with Crippen molar-refractivity contribution in [3.8, 4) is 0 Å². The Morgan fingerprint density at radius 1 is 0.839 bits per heavy atom. The van der Waals surface area contributed by atoms with Gasteiger partial charge in [-0.2, -0.15) is 0 Å². The van der Waals surface area contributed by atoms with Crippen LogP contribution in [0.25, 0.3) is 0 Å². The summed E-state index contributed by atoms with van der Waals surface area (Å²) >= 11 is 0. The first-order valence-electron chi connectivity index (χ1n) is 10.0. The summed E-state index contributed by atoms with van der Waals surface area (Å²) in [4.78, 5) is 61.0. The molecule has 0 aromatic carbocycles. The van der Waals surface area contributed by atoms with Gasteiger partial charge in [0.05, 0.1) is 33.0 Å². The molecule has 0 saturated carbocycles. The lowest BCUT2D eigenvalue weighted by molar-refractivity contribution is -0.200. The summed E-state index contributed by atoms with van der Waals surface area (Å²) in [5.41, 5.74) is 0. The van der Waals surface area contributed by atoms with E-state index in [1.165, 1.54) is 6.92 Å². The largest absolute Gasteiger partial charge is 0.379 e. The van der Waals surface area contributed by atoms with Gasteiger partial charge in [0.25, 0.3) is 11.8 Å². The molecule has 0 spiro atoms. The molecule has 0 unspecified atom stereocenters. The first-order valence-corrected chi connectivity index (χ1v) is 10.0. The van der Waals surface area contributed by atoms with Gasteiger partial charge in [-0.3, -0.25) is 14.4 Å². The Hall–Kier alpha value is -2.41. The fourth-order valence-electron chi connectivity index (χ4n) is 2.28. The third kappa shape index (κ3) is 13.5. The summed E-state index contributed by atoms with van der Waals surface area (Å²) in [6, 6.07) is 0. The van der Waals surface area contributed by atoms with Crippen LogP contribution in [-0.2, 0) is 47.8 Å². The molecule has 3 amide bonds. The number of amides is 3. The van der Waals surface area contributed by atoms with E-state index in [1.807, 2.05) is 0 Å². The molecule has 31 heavy (non-hydrogen) atoms. The minimum atomic E-state index is -0.850. The second-order valence-corrected chi connectivity index (χ2v) is 6.53. The second kappa shape index (κ2) is 16.3. The average Bonchev–Trinajstić information content (AvgIpc) is 3.03. The highest BCUT2D eigenvalue weighted by Gasteiger charge is 2.32. The molecular formula is C19H30N2O10. The Kier molecular flexibility index (Phi) is 14.0. The van der Waals surface area contributed by atoms with E-state index in [1.54, 1.807) is 0 Å². The van der Waals surface area contributed by atoms with E-state index in [0.29, 0.717) is 31.1 Å². The van der Waals surface area contributed by atoms with Crippen LogP contribution in [0.5, 0.6) is 0 Å². The van der Waals surface area contributed by atoms with Crippen molar-refractivity contribution in [2.75, 3.05) is 59.4 Å². The Morgan fingerprint density at radius 3 is 2.06 bits per heavy atom. The highest BCUT2D eigenvalue weighted by Crippen LogP contribution is 2.11. The standard InChI is InChI=1S/C19H30N2O10/c1-15(22)3-2-7-27-9-11-29-13-16(23)20-6-8-28-10-12-30-14-19(26)31-21-17(24)4-5-18(21)25/h2-14H2,1H3,(H,20,23). The number of carbonyl (C=O) groups is 5. The first-order chi connectivity index (χ1) is 14.9. The average molecular weight is 446 g/mol. The molecule has 1 N–H and O–H groups in total. The summed E-state index contributed by atoms with van der Waals surface area (Å²) in [5.74, 6) is -2.11. The number of hydrogen-bond donors (Lipinski definition) is 1. The second-order valence-electron chi connectivity index (χ2n) is 6.53. The molecule has 12 nitrogen and oxygen atoms in total. The van der Waals surface area contributed by atoms with Crippen LogP contribution in [0.2, 0.25) is 0 Å². The molecule has 12 heteroatoms. The van der Waals surface area contributed by atoms with E-state index in [0.717, 1.165) is 0 Å². The fraction of sp³-hybridized carbons (Fsp3) is 0.737. The number of hydrogen-bond acceptors (Lipinski definition) is 10. The van der Waals surface area contributed by atoms with Gasteiger partial charge in [0, 0.05) is 32.4 Å². The van der Waals surface area contributed by atoms with Crippen LogP contribution < -0.4 is 5.32 Å². The first kappa shape index (κ1) is 26.6. The summed E-state index contributed by atoms with van der Waals surface area (Å²) in [6.45, 7) is 2.94. The Bertz CT molecular complexity index is 594. The van der Waals surface area contributed by atoms with E-state index >= 15 is 0 Å². The van der Waals surface area contributed by atoms with Crippen molar-refractivity contribution in [1.82, 2.24) is 10.4 Å². The van der Waals surface area contributed by atoms with Crippen molar-refractivity contribution < 1.29 is 47.8 Å². The Morgan fingerprint density at radius 2 is 1.42 bits per heavy atom. The Balaban J connectivity index is 1.85. The van der Waals surface area contributed by atoms with Crippen LogP contribution in [0, 0.1) is 0 Å². The topological polar surface area (TPSA) is 147 Å². The van der Waals surface area contributed by atoms with Gasteiger partial charge in [-0.15, -0.1) is 5.06 Å². The molecule has 0 aliphatic carbocycles. The lowest BCUT2D eigenvalue weighted by Gasteiger charge is -2.12. The van der Waals surface area contributed by atoms with E-state index in [2.05, 4.69) is 10.2 Å². The van der Waals surface area contributed by atoms with Gasteiger partial charge >= 0.3 is 5.97 Å². The van der Waals surface area contributed by atoms with E-state index < -0.39 is 24.4 Å². The van der Waals surface area contributed by atoms with Gasteiger partial charge in [-0.1, -0.05) is 0 Å². The quantitative estimate of drug-likeness (QED) is 0.208. The number of rotatable bonds is 18. The van der Waals surface area contributed by atoms with Crippen LogP contribution >= 0.6 is 0 Å². The molecule has 0 atom stereocenters. The smallest absolute Gasteiger partial charge is 0.358 e. The third-order valence-corrected chi connectivity index (χ3v) is 3.78. The van der Waals surface area contributed by atoms with Crippen molar-refractivity contribution in [2.24, 2.45) is 0 Å². The molecule has 1 saturated heterocycles. The van der Waals surface area contributed by atoms with Crippen molar-refractivity contribution in [3.63, 3.8) is 0 Å². The number of nitrogens with one attached hydrogen (secondary N) is 1. The minimum Gasteiger partial charge on any atom is -0.379 e. The van der Waals surface area contributed by atoms with Crippen LogP contribution in [0.15, 0.2) is 0 Å². The molecule has 1 aliphatic heterocycles. The van der Waals surface area contributed by atoms with Crippen LogP contribution in [-0.4, -0.2) is 93.9 Å². The van der Waals surface area contributed by atoms with Crippen LogP contribution in [0.1, 0.15) is 32.6 Å². The summed E-state index contributed by atoms with van der Waals surface area (Å²) in [5, 5.41) is 3.07. The number of hydroxylamine groups is 2. The molecule has 0 aromatic rings. The normalized spacial score (nSPS) is 13.5. The van der Waals surface area contributed by atoms with Crippen molar-refractivity contribution in [3.05, 3.63) is 0 Å². The highest BCUT2D eigenvalue weighted by atomic mass is 16.7. The number of nitrogens with zero attached hydrogens (tertiary/aromatic N) is 1. The van der Waals surface area contributed by atoms with Gasteiger partial charge in [0.1, 0.15) is 19.0 Å². The van der Waals surface area contributed by atoms with Gasteiger partial charge in [-0.25, -0.2) is 4.79 Å². The third-order valence-electron chi connectivity index (χ3n) is 3.78.